The van der Waals surface area contributed by atoms with Crippen LogP contribution >= 0.6 is 0 Å². The number of nitrogen functional groups attached to an aromatic ring is 1. The lowest BCUT2D eigenvalue weighted by Gasteiger charge is -2.09. The summed E-state index contributed by atoms with van der Waals surface area (Å²) in [5, 5.41) is 2.73. The molecular weight excluding hydrogens is 254 g/mol. The zero-order chi connectivity index (χ0) is 14.7. The van der Waals surface area contributed by atoms with Gasteiger partial charge in [0.2, 0.25) is 5.91 Å². The molecule has 0 heterocycles. The highest BCUT2D eigenvalue weighted by molar-refractivity contribution is 6.06. The van der Waals surface area contributed by atoms with Crippen molar-refractivity contribution in [3.05, 3.63) is 59.2 Å². The molecule has 5 nitrogen and oxygen atoms in total. The molecule has 2 aromatic carbocycles. The van der Waals surface area contributed by atoms with E-state index in [0.717, 1.165) is 5.56 Å². The maximum absolute atomic E-state index is 12.2. The van der Waals surface area contributed by atoms with Gasteiger partial charge in [-0.15, -0.1) is 0 Å². The number of primary amides is 1. The number of aryl methyl sites for hydroxylation is 1. The molecule has 0 spiro atoms. The van der Waals surface area contributed by atoms with E-state index < -0.39 is 5.91 Å². The Labute approximate surface area is 116 Å². The monoisotopic (exact) mass is 269 g/mol. The third-order valence-electron chi connectivity index (χ3n) is 2.90. The summed E-state index contributed by atoms with van der Waals surface area (Å²) < 4.78 is 0. The van der Waals surface area contributed by atoms with E-state index in [1.165, 1.54) is 6.07 Å². The molecule has 0 saturated carbocycles. The number of hydrogen-bond donors (Lipinski definition) is 3. The van der Waals surface area contributed by atoms with E-state index in [1.807, 2.05) is 6.92 Å². The number of nitrogens with two attached hydrogens (primary N) is 2. The standard InChI is InChI=1S/C15H15N3O2/c1-9-7-11(16)5-6-13(9)15(20)18-12-4-2-3-10(8-12)14(17)19/h2-8H,16H2,1H3,(H2,17,19)(H,18,20). The number of anilines is 2. The van der Waals surface area contributed by atoms with Gasteiger partial charge in [-0.3, -0.25) is 9.59 Å². The first-order valence-electron chi connectivity index (χ1n) is 6.04. The molecule has 0 aliphatic rings. The average molecular weight is 269 g/mol. The van der Waals surface area contributed by atoms with Gasteiger partial charge in [-0.2, -0.15) is 0 Å². The van der Waals surface area contributed by atoms with E-state index >= 15 is 0 Å². The summed E-state index contributed by atoms with van der Waals surface area (Å²) in [5.41, 5.74) is 13.6. The third kappa shape index (κ3) is 2.95. The van der Waals surface area contributed by atoms with Gasteiger partial charge in [0.25, 0.3) is 5.91 Å². The normalized spacial score (nSPS) is 10.1. The molecule has 5 heteroatoms. The fourth-order valence-electron chi connectivity index (χ4n) is 1.89. The molecule has 0 unspecified atom stereocenters. The smallest absolute Gasteiger partial charge is 0.255 e. The molecule has 20 heavy (non-hydrogen) atoms. The summed E-state index contributed by atoms with van der Waals surface area (Å²) >= 11 is 0. The summed E-state index contributed by atoms with van der Waals surface area (Å²) in [5.74, 6) is -0.797. The second kappa shape index (κ2) is 5.44. The molecule has 0 atom stereocenters. The topological polar surface area (TPSA) is 98.2 Å². The van der Waals surface area contributed by atoms with Crippen molar-refractivity contribution in [2.24, 2.45) is 5.73 Å². The lowest BCUT2D eigenvalue weighted by atomic mass is 10.1. The Kier molecular flexibility index (Phi) is 3.70. The van der Waals surface area contributed by atoms with Crippen molar-refractivity contribution in [2.45, 2.75) is 6.92 Å². The molecule has 5 N–H and O–H groups in total. The fourth-order valence-corrected chi connectivity index (χ4v) is 1.89. The van der Waals surface area contributed by atoms with Crippen LogP contribution in [0, 0.1) is 6.92 Å². The summed E-state index contributed by atoms with van der Waals surface area (Å²) in [4.78, 5) is 23.3. The Balaban J connectivity index is 2.23. The molecular formula is C15H15N3O2. The Morgan fingerprint density at radius 1 is 1.10 bits per heavy atom. The minimum Gasteiger partial charge on any atom is -0.399 e. The quantitative estimate of drug-likeness (QED) is 0.742. The second-order valence-electron chi connectivity index (χ2n) is 4.47. The fraction of sp³-hybridized carbons (Fsp3) is 0.0667. The first-order chi connectivity index (χ1) is 9.47. The van der Waals surface area contributed by atoms with Crippen LogP contribution in [0.3, 0.4) is 0 Å². The first kappa shape index (κ1) is 13.6. The van der Waals surface area contributed by atoms with Crippen molar-refractivity contribution >= 4 is 23.2 Å². The number of benzene rings is 2. The predicted molar refractivity (Wildman–Crippen MR) is 78.5 cm³/mol. The maximum atomic E-state index is 12.2. The molecule has 0 radical (unpaired) electrons. The number of rotatable bonds is 3. The minimum absolute atomic E-state index is 0.260. The SMILES string of the molecule is Cc1cc(N)ccc1C(=O)Nc1cccc(C(N)=O)c1. The Morgan fingerprint density at radius 3 is 2.50 bits per heavy atom. The number of hydrogen-bond acceptors (Lipinski definition) is 3. The summed E-state index contributed by atoms with van der Waals surface area (Å²) in [6.45, 7) is 1.81. The number of carbonyl (C=O) groups is 2. The van der Waals surface area contributed by atoms with Gasteiger partial charge in [-0.05, 0) is 48.9 Å². The van der Waals surface area contributed by atoms with Gasteiger partial charge in [0.15, 0.2) is 0 Å². The largest absolute Gasteiger partial charge is 0.399 e. The van der Waals surface area contributed by atoms with Crippen molar-refractivity contribution in [1.82, 2.24) is 0 Å². The number of carbonyl (C=O) groups excluding carboxylic acids is 2. The lowest BCUT2D eigenvalue weighted by molar-refractivity contribution is 0.0996. The van der Waals surface area contributed by atoms with Crippen LogP contribution in [0.1, 0.15) is 26.3 Å². The predicted octanol–water partition coefficient (Wildman–Crippen LogP) is 1.93. The molecule has 102 valence electrons. The van der Waals surface area contributed by atoms with Crippen molar-refractivity contribution in [2.75, 3.05) is 11.1 Å². The van der Waals surface area contributed by atoms with Crippen molar-refractivity contribution in [3.63, 3.8) is 0 Å². The molecule has 0 saturated heterocycles. The van der Waals surface area contributed by atoms with Gasteiger partial charge in [-0.25, -0.2) is 0 Å². The zero-order valence-electron chi connectivity index (χ0n) is 11.0. The van der Waals surface area contributed by atoms with Crippen molar-refractivity contribution in [3.8, 4) is 0 Å². The van der Waals surface area contributed by atoms with Crippen LogP contribution in [-0.2, 0) is 0 Å². The van der Waals surface area contributed by atoms with Gasteiger partial charge in [-0.1, -0.05) is 6.07 Å². The lowest BCUT2D eigenvalue weighted by Crippen LogP contribution is -2.15. The van der Waals surface area contributed by atoms with Gasteiger partial charge in [0, 0.05) is 22.5 Å². The van der Waals surface area contributed by atoms with Crippen molar-refractivity contribution in [1.29, 1.82) is 0 Å². The van der Waals surface area contributed by atoms with Crippen LogP contribution in [0.2, 0.25) is 0 Å². The third-order valence-corrected chi connectivity index (χ3v) is 2.90. The van der Waals surface area contributed by atoms with Gasteiger partial charge in [0.05, 0.1) is 0 Å². The highest BCUT2D eigenvalue weighted by Crippen LogP contribution is 2.16. The molecule has 0 aliphatic heterocycles. The van der Waals surface area contributed by atoms with Gasteiger partial charge in [0.1, 0.15) is 0 Å². The Morgan fingerprint density at radius 2 is 1.85 bits per heavy atom. The van der Waals surface area contributed by atoms with Crippen LogP contribution < -0.4 is 16.8 Å². The summed E-state index contributed by atoms with van der Waals surface area (Å²) in [6, 6.07) is 11.5. The average Bonchev–Trinajstić information content (AvgIpc) is 2.38. The van der Waals surface area contributed by atoms with E-state index in [9.17, 15) is 9.59 Å². The first-order valence-corrected chi connectivity index (χ1v) is 6.04. The van der Waals surface area contributed by atoms with Crippen LogP contribution in [0.15, 0.2) is 42.5 Å². The Hall–Kier alpha value is -2.82. The highest BCUT2D eigenvalue weighted by atomic mass is 16.2. The summed E-state index contributed by atoms with van der Waals surface area (Å²) in [7, 11) is 0. The van der Waals surface area contributed by atoms with E-state index in [2.05, 4.69) is 5.32 Å². The van der Waals surface area contributed by atoms with Crippen LogP contribution in [-0.4, -0.2) is 11.8 Å². The molecule has 0 aromatic heterocycles. The van der Waals surface area contributed by atoms with Crippen molar-refractivity contribution < 1.29 is 9.59 Å². The second-order valence-corrected chi connectivity index (χ2v) is 4.47. The van der Waals surface area contributed by atoms with Crippen LogP contribution in [0.25, 0.3) is 0 Å². The Bertz CT molecular complexity index is 681. The molecule has 2 rings (SSSR count). The van der Waals surface area contributed by atoms with Crippen LogP contribution in [0.5, 0.6) is 0 Å². The minimum atomic E-state index is -0.537. The van der Waals surface area contributed by atoms with E-state index in [4.69, 9.17) is 11.5 Å². The maximum Gasteiger partial charge on any atom is 0.255 e. The van der Waals surface area contributed by atoms with Crippen LogP contribution in [0.4, 0.5) is 11.4 Å². The summed E-state index contributed by atoms with van der Waals surface area (Å²) in [6.07, 6.45) is 0. The highest BCUT2D eigenvalue weighted by Gasteiger charge is 2.10. The van der Waals surface area contributed by atoms with E-state index in [0.29, 0.717) is 22.5 Å². The van der Waals surface area contributed by atoms with Gasteiger partial charge >= 0.3 is 0 Å². The molecule has 0 fully saturated rings. The van der Waals surface area contributed by atoms with Gasteiger partial charge < -0.3 is 16.8 Å². The number of nitrogens with one attached hydrogen (secondary N) is 1. The molecule has 2 aromatic rings. The van der Waals surface area contributed by atoms with E-state index in [1.54, 1.807) is 36.4 Å². The molecule has 0 aliphatic carbocycles. The van der Waals surface area contributed by atoms with E-state index in [-0.39, 0.29) is 5.91 Å². The number of amides is 2. The molecule has 0 bridgehead atoms. The zero-order valence-corrected chi connectivity index (χ0v) is 11.0. The molecule has 2 amide bonds.